The normalized spacial score (nSPS) is 13.8. The van der Waals surface area contributed by atoms with Gasteiger partial charge in [-0.3, -0.25) is 14.4 Å². The Morgan fingerprint density at radius 2 is 2.16 bits per heavy atom. The fourth-order valence-corrected chi connectivity index (χ4v) is 2.89. The first-order valence-corrected chi connectivity index (χ1v) is 8.38. The molecule has 3 rings (SSSR count). The Morgan fingerprint density at radius 1 is 1.32 bits per heavy atom. The highest BCUT2D eigenvalue weighted by molar-refractivity contribution is 5.93. The van der Waals surface area contributed by atoms with Crippen LogP contribution in [0.1, 0.15) is 24.2 Å². The number of carbonyl (C=O) groups excluding carboxylic acids is 2. The quantitative estimate of drug-likeness (QED) is 0.876. The lowest BCUT2D eigenvalue weighted by molar-refractivity contribution is -0.116. The Bertz CT molecular complexity index is 784. The molecule has 1 aromatic heterocycles. The number of aromatic nitrogens is 2. The van der Waals surface area contributed by atoms with E-state index in [0.717, 1.165) is 17.1 Å². The highest BCUT2D eigenvalue weighted by Gasteiger charge is 2.23. The summed E-state index contributed by atoms with van der Waals surface area (Å²) in [5.41, 5.74) is 3.48. The Morgan fingerprint density at radius 3 is 2.84 bits per heavy atom. The highest BCUT2D eigenvalue weighted by Crippen LogP contribution is 2.22. The molecule has 2 heterocycles. The first kappa shape index (κ1) is 17.0. The van der Waals surface area contributed by atoms with Gasteiger partial charge in [-0.05, 0) is 44.5 Å². The van der Waals surface area contributed by atoms with Gasteiger partial charge in [0, 0.05) is 30.0 Å². The van der Waals surface area contributed by atoms with E-state index < -0.39 is 0 Å². The van der Waals surface area contributed by atoms with Crippen molar-refractivity contribution in [3.63, 3.8) is 0 Å². The molecule has 0 atom stereocenters. The molecule has 0 bridgehead atoms. The summed E-state index contributed by atoms with van der Waals surface area (Å²) in [5.74, 6) is -0.0531. The number of aryl methyl sites for hydroxylation is 3. The van der Waals surface area contributed by atoms with Crippen molar-refractivity contribution < 1.29 is 14.3 Å². The minimum atomic E-state index is -0.353. The molecule has 0 spiro atoms. The van der Waals surface area contributed by atoms with Crippen molar-refractivity contribution >= 4 is 23.4 Å². The minimum absolute atomic E-state index is 0.0531. The van der Waals surface area contributed by atoms with Crippen molar-refractivity contribution in [1.29, 1.82) is 0 Å². The second kappa shape index (κ2) is 7.38. The summed E-state index contributed by atoms with van der Waals surface area (Å²) in [6.45, 7) is 5.60. The first-order chi connectivity index (χ1) is 12.0. The number of hydrogen-bond acceptors (Lipinski definition) is 4. The molecule has 132 valence electrons. The molecule has 0 radical (unpaired) electrons. The maximum Gasteiger partial charge on any atom is 0.414 e. The number of rotatable bonds is 6. The van der Waals surface area contributed by atoms with E-state index in [0.29, 0.717) is 38.2 Å². The van der Waals surface area contributed by atoms with Gasteiger partial charge in [-0.1, -0.05) is 6.07 Å². The summed E-state index contributed by atoms with van der Waals surface area (Å²) in [5, 5.41) is 7.27. The maximum atomic E-state index is 12.1. The van der Waals surface area contributed by atoms with E-state index in [4.69, 9.17) is 4.74 Å². The van der Waals surface area contributed by atoms with Crippen molar-refractivity contribution in [1.82, 2.24) is 9.78 Å². The van der Waals surface area contributed by atoms with Crippen LogP contribution in [0.3, 0.4) is 0 Å². The zero-order valence-electron chi connectivity index (χ0n) is 14.5. The van der Waals surface area contributed by atoms with Gasteiger partial charge in [0.2, 0.25) is 5.91 Å². The van der Waals surface area contributed by atoms with Gasteiger partial charge >= 0.3 is 6.09 Å². The van der Waals surface area contributed by atoms with Gasteiger partial charge in [0.05, 0.1) is 12.2 Å². The van der Waals surface area contributed by atoms with Crippen LogP contribution in [0.5, 0.6) is 0 Å². The average Bonchev–Trinajstić information content (AvgIpc) is 3.13. The van der Waals surface area contributed by atoms with Crippen LogP contribution in [-0.2, 0) is 16.1 Å². The number of nitrogens with one attached hydrogen (secondary N) is 1. The summed E-state index contributed by atoms with van der Waals surface area (Å²) >= 11 is 0. The molecular weight excluding hydrogens is 320 g/mol. The molecule has 1 N–H and O–H groups in total. The molecule has 1 saturated heterocycles. The zero-order valence-corrected chi connectivity index (χ0v) is 14.5. The van der Waals surface area contributed by atoms with Crippen LogP contribution in [0.4, 0.5) is 16.2 Å². The van der Waals surface area contributed by atoms with Crippen molar-refractivity contribution in [3.05, 3.63) is 41.7 Å². The Hall–Kier alpha value is -2.83. The topological polar surface area (TPSA) is 76.5 Å². The number of anilines is 2. The predicted molar refractivity (Wildman–Crippen MR) is 94.7 cm³/mol. The van der Waals surface area contributed by atoms with Gasteiger partial charge in [-0.15, -0.1) is 0 Å². The number of cyclic esters (lactones) is 1. The SMILES string of the molecule is Cc1cc(C)n(CCCC(=O)Nc2cccc(N3CCOC3=O)c2)n1. The monoisotopic (exact) mass is 342 g/mol. The zero-order chi connectivity index (χ0) is 17.8. The standard InChI is InChI=1S/C18H22N4O3/c1-13-11-14(2)22(20-13)8-4-7-17(23)19-15-5-3-6-16(12-15)21-9-10-25-18(21)24/h3,5-6,11-12H,4,7-10H2,1-2H3,(H,19,23). The summed E-state index contributed by atoms with van der Waals surface area (Å²) < 4.78 is 6.86. The largest absolute Gasteiger partial charge is 0.447 e. The van der Waals surface area contributed by atoms with Gasteiger partial charge in [0.1, 0.15) is 6.61 Å². The third-order valence-corrected chi connectivity index (χ3v) is 4.08. The first-order valence-electron chi connectivity index (χ1n) is 8.38. The molecule has 1 aliphatic rings. The Balaban J connectivity index is 1.52. The molecule has 1 aliphatic heterocycles. The van der Waals surface area contributed by atoms with Crippen LogP contribution in [0.25, 0.3) is 0 Å². The molecule has 0 unspecified atom stereocenters. The third kappa shape index (κ3) is 4.17. The fourth-order valence-electron chi connectivity index (χ4n) is 2.89. The van der Waals surface area contributed by atoms with E-state index in [-0.39, 0.29) is 12.0 Å². The van der Waals surface area contributed by atoms with Gasteiger partial charge < -0.3 is 10.1 Å². The smallest absolute Gasteiger partial charge is 0.414 e. The number of hydrogen-bond donors (Lipinski definition) is 1. The van der Waals surface area contributed by atoms with Crippen LogP contribution >= 0.6 is 0 Å². The number of nitrogens with zero attached hydrogens (tertiary/aromatic N) is 3. The number of carbonyl (C=O) groups is 2. The van der Waals surface area contributed by atoms with Crippen molar-refractivity contribution in [2.75, 3.05) is 23.4 Å². The Labute approximate surface area is 146 Å². The molecule has 7 nitrogen and oxygen atoms in total. The van der Waals surface area contributed by atoms with Crippen molar-refractivity contribution in [2.24, 2.45) is 0 Å². The lowest BCUT2D eigenvalue weighted by Crippen LogP contribution is -2.23. The van der Waals surface area contributed by atoms with E-state index in [1.165, 1.54) is 0 Å². The second-order valence-corrected chi connectivity index (χ2v) is 6.12. The fraction of sp³-hybridized carbons (Fsp3) is 0.389. The van der Waals surface area contributed by atoms with Crippen LogP contribution in [0.2, 0.25) is 0 Å². The van der Waals surface area contributed by atoms with Crippen LogP contribution in [0, 0.1) is 13.8 Å². The third-order valence-electron chi connectivity index (χ3n) is 4.08. The van der Waals surface area contributed by atoms with Crippen molar-refractivity contribution in [2.45, 2.75) is 33.2 Å². The second-order valence-electron chi connectivity index (χ2n) is 6.12. The van der Waals surface area contributed by atoms with Gasteiger partial charge in [0.25, 0.3) is 0 Å². The highest BCUT2D eigenvalue weighted by atomic mass is 16.6. The molecule has 0 saturated carbocycles. The molecule has 25 heavy (non-hydrogen) atoms. The minimum Gasteiger partial charge on any atom is -0.447 e. The molecule has 2 amide bonds. The lowest BCUT2D eigenvalue weighted by atomic mass is 10.2. The van der Waals surface area contributed by atoms with E-state index in [9.17, 15) is 9.59 Å². The molecule has 0 aliphatic carbocycles. The molecule has 2 aromatic rings. The Kier molecular flexibility index (Phi) is 5.02. The van der Waals surface area contributed by atoms with E-state index in [1.54, 1.807) is 11.0 Å². The number of ether oxygens (including phenoxy) is 1. The molecular formula is C18H22N4O3. The summed E-state index contributed by atoms with van der Waals surface area (Å²) in [6, 6.07) is 9.25. The summed E-state index contributed by atoms with van der Waals surface area (Å²) in [7, 11) is 0. The van der Waals surface area contributed by atoms with Crippen LogP contribution in [0.15, 0.2) is 30.3 Å². The van der Waals surface area contributed by atoms with Gasteiger partial charge in [-0.2, -0.15) is 5.10 Å². The molecule has 1 fully saturated rings. The molecule has 1 aromatic carbocycles. The maximum absolute atomic E-state index is 12.1. The number of benzene rings is 1. The van der Waals surface area contributed by atoms with Gasteiger partial charge in [-0.25, -0.2) is 4.79 Å². The van der Waals surface area contributed by atoms with Gasteiger partial charge in [0.15, 0.2) is 0 Å². The predicted octanol–water partition coefficient (Wildman–Crippen LogP) is 2.88. The number of amides is 2. The lowest BCUT2D eigenvalue weighted by Gasteiger charge is -2.14. The molecule has 7 heteroatoms. The van der Waals surface area contributed by atoms with E-state index >= 15 is 0 Å². The average molecular weight is 342 g/mol. The van der Waals surface area contributed by atoms with Crippen LogP contribution in [-0.4, -0.2) is 34.9 Å². The van der Waals surface area contributed by atoms with Crippen LogP contribution < -0.4 is 10.2 Å². The van der Waals surface area contributed by atoms with Crippen molar-refractivity contribution in [3.8, 4) is 0 Å². The summed E-state index contributed by atoms with van der Waals surface area (Å²) in [4.78, 5) is 25.3. The van der Waals surface area contributed by atoms with E-state index in [1.807, 2.05) is 42.8 Å². The summed E-state index contributed by atoms with van der Waals surface area (Å²) in [6.07, 6.45) is 0.772. The van der Waals surface area contributed by atoms with E-state index in [2.05, 4.69) is 10.4 Å².